The van der Waals surface area contributed by atoms with Crippen LogP contribution in [0.3, 0.4) is 0 Å². The van der Waals surface area contributed by atoms with Gasteiger partial charge in [0.15, 0.2) is 5.79 Å². The summed E-state index contributed by atoms with van der Waals surface area (Å²) in [5, 5.41) is 0. The third-order valence-corrected chi connectivity index (χ3v) is 14.4. The lowest BCUT2D eigenvalue weighted by Crippen LogP contribution is -2.58. The standard InChI is InChI=1S/C37H51FO5/c1-22-12-15-37(40-20-22)24(3)33-31(41-37)18-30-28-11-8-26-19-36(17-16-34(26,4)29(28)13-14-35(30,33)5)39-21-32(42-43-36)23(2)25-6-9-27(38)10-7-25/h6-7,9-10,22,24,26,28-33H,2,8,11-21H2,1,3-5H3/t22-,24+,26?,28?,29?,30?,31?,32?,33?,34+,35+,36?,37?/m1/s1. The Hall–Kier alpha value is -1.31. The molecule has 2 spiro atoms. The monoisotopic (exact) mass is 594 g/mol. The average Bonchev–Trinajstić information content (AvgIpc) is 3.45. The van der Waals surface area contributed by atoms with Crippen molar-refractivity contribution in [3.63, 3.8) is 0 Å². The lowest BCUT2D eigenvalue weighted by Gasteiger charge is -2.62. The second-order valence-electron chi connectivity index (χ2n) is 16.3. The molecule has 7 fully saturated rings. The highest BCUT2D eigenvalue weighted by atomic mass is 19.1. The Balaban J connectivity index is 0.939. The van der Waals surface area contributed by atoms with Crippen LogP contribution >= 0.6 is 0 Å². The van der Waals surface area contributed by atoms with Gasteiger partial charge in [0.25, 0.3) is 0 Å². The van der Waals surface area contributed by atoms with Crippen molar-refractivity contribution in [2.45, 2.75) is 116 Å². The first-order chi connectivity index (χ1) is 20.6. The average molecular weight is 595 g/mol. The van der Waals surface area contributed by atoms with Crippen LogP contribution in [0.1, 0.15) is 97.5 Å². The van der Waals surface area contributed by atoms with Gasteiger partial charge in [-0.25, -0.2) is 14.2 Å². The van der Waals surface area contributed by atoms with Gasteiger partial charge in [0, 0.05) is 25.2 Å². The molecule has 0 bridgehead atoms. The Kier molecular flexibility index (Phi) is 6.83. The molecule has 0 amide bonds. The number of rotatable bonds is 2. The Morgan fingerprint density at radius 1 is 0.884 bits per heavy atom. The van der Waals surface area contributed by atoms with Crippen molar-refractivity contribution in [2.24, 2.45) is 52.3 Å². The number of ether oxygens (including phenoxy) is 3. The zero-order valence-electron chi connectivity index (χ0n) is 26.6. The molecule has 236 valence electrons. The van der Waals surface area contributed by atoms with E-state index in [1.165, 1.54) is 50.7 Å². The third-order valence-electron chi connectivity index (χ3n) is 14.4. The molecule has 1 aromatic carbocycles. The third kappa shape index (κ3) is 4.32. The van der Waals surface area contributed by atoms with E-state index in [2.05, 4.69) is 34.3 Å². The molecule has 6 heteroatoms. The van der Waals surface area contributed by atoms with Gasteiger partial charge in [0.05, 0.1) is 19.3 Å². The van der Waals surface area contributed by atoms with E-state index in [9.17, 15) is 4.39 Å². The van der Waals surface area contributed by atoms with E-state index < -0.39 is 5.79 Å². The zero-order chi connectivity index (χ0) is 29.8. The summed E-state index contributed by atoms with van der Waals surface area (Å²) in [6, 6.07) is 6.37. The van der Waals surface area contributed by atoms with Gasteiger partial charge < -0.3 is 14.2 Å². The molecule has 0 N–H and O–H groups in total. The van der Waals surface area contributed by atoms with Gasteiger partial charge in [-0.05, 0) is 115 Å². The normalized spacial score (nSPS) is 52.3. The maximum absolute atomic E-state index is 13.4. The minimum Gasteiger partial charge on any atom is -0.349 e. The van der Waals surface area contributed by atoms with E-state index in [-0.39, 0.29) is 17.7 Å². The summed E-state index contributed by atoms with van der Waals surface area (Å²) in [7, 11) is 0. The van der Waals surface area contributed by atoms with Gasteiger partial charge in [-0.1, -0.05) is 46.4 Å². The molecule has 1 aromatic rings. The van der Waals surface area contributed by atoms with E-state index in [1.807, 2.05) is 0 Å². The highest BCUT2D eigenvalue weighted by Crippen LogP contribution is 2.72. The van der Waals surface area contributed by atoms with Crippen molar-refractivity contribution in [2.75, 3.05) is 13.2 Å². The molecule has 3 saturated heterocycles. The predicted molar refractivity (Wildman–Crippen MR) is 162 cm³/mol. The highest BCUT2D eigenvalue weighted by Gasteiger charge is 2.69. The molecule has 4 aliphatic carbocycles. The number of benzene rings is 1. The molecule has 0 radical (unpaired) electrons. The van der Waals surface area contributed by atoms with Gasteiger partial charge >= 0.3 is 0 Å². The number of hydrogen-bond donors (Lipinski definition) is 0. The first-order valence-electron chi connectivity index (χ1n) is 17.3. The number of fused-ring (bicyclic) bond motifs is 7. The highest BCUT2D eigenvalue weighted by molar-refractivity contribution is 5.66. The molecular formula is C37H51FO5. The van der Waals surface area contributed by atoms with Crippen LogP contribution in [-0.2, 0) is 24.0 Å². The zero-order valence-corrected chi connectivity index (χ0v) is 26.6. The number of halogens is 1. The van der Waals surface area contributed by atoms with Crippen molar-refractivity contribution in [1.29, 1.82) is 0 Å². The molecule has 3 heterocycles. The van der Waals surface area contributed by atoms with Gasteiger partial charge in [-0.3, -0.25) is 0 Å². The molecule has 5 nitrogen and oxygen atoms in total. The summed E-state index contributed by atoms with van der Waals surface area (Å²) in [6.07, 6.45) is 11.5. The van der Waals surface area contributed by atoms with Gasteiger partial charge in [-0.2, -0.15) is 0 Å². The molecule has 13 atom stereocenters. The van der Waals surface area contributed by atoms with Crippen LogP contribution in [0.2, 0.25) is 0 Å². The predicted octanol–water partition coefficient (Wildman–Crippen LogP) is 8.33. The summed E-state index contributed by atoms with van der Waals surface area (Å²) in [5.74, 6) is 3.34. The van der Waals surface area contributed by atoms with Crippen LogP contribution in [0.15, 0.2) is 30.8 Å². The maximum atomic E-state index is 13.4. The van der Waals surface area contributed by atoms with E-state index in [0.29, 0.717) is 47.2 Å². The molecule has 8 rings (SSSR count). The van der Waals surface area contributed by atoms with Crippen molar-refractivity contribution in [1.82, 2.24) is 0 Å². The minimum atomic E-state index is -0.667. The fraction of sp³-hybridized carbons (Fsp3) is 0.784. The first-order valence-corrected chi connectivity index (χ1v) is 17.3. The van der Waals surface area contributed by atoms with Crippen LogP contribution < -0.4 is 0 Å². The van der Waals surface area contributed by atoms with Crippen LogP contribution in [0.25, 0.3) is 5.57 Å². The van der Waals surface area contributed by atoms with E-state index in [0.717, 1.165) is 61.2 Å². The van der Waals surface area contributed by atoms with Crippen molar-refractivity contribution >= 4 is 5.57 Å². The van der Waals surface area contributed by atoms with E-state index >= 15 is 0 Å². The largest absolute Gasteiger partial charge is 0.349 e. The lowest BCUT2D eigenvalue weighted by molar-refractivity contribution is -0.489. The molecule has 7 aliphatic rings. The minimum absolute atomic E-state index is 0.258. The van der Waals surface area contributed by atoms with Crippen LogP contribution in [-0.4, -0.2) is 37.0 Å². The quantitative estimate of drug-likeness (QED) is 0.322. The first kappa shape index (κ1) is 29.1. The maximum Gasteiger partial charge on any atom is 0.202 e. The molecule has 43 heavy (non-hydrogen) atoms. The summed E-state index contributed by atoms with van der Waals surface area (Å²) in [5.41, 5.74) is 2.27. The summed E-state index contributed by atoms with van der Waals surface area (Å²) in [6.45, 7) is 15.4. The van der Waals surface area contributed by atoms with E-state index in [4.69, 9.17) is 24.0 Å². The van der Waals surface area contributed by atoms with Crippen LogP contribution in [0, 0.1) is 58.1 Å². The fourth-order valence-electron chi connectivity index (χ4n) is 11.9. The van der Waals surface area contributed by atoms with Crippen LogP contribution in [0.5, 0.6) is 0 Å². The fourth-order valence-corrected chi connectivity index (χ4v) is 11.9. The second kappa shape index (κ2) is 10.1. The van der Waals surface area contributed by atoms with Gasteiger partial charge in [0.1, 0.15) is 11.9 Å². The van der Waals surface area contributed by atoms with Crippen molar-refractivity contribution < 1.29 is 28.4 Å². The second-order valence-corrected chi connectivity index (χ2v) is 16.3. The Bertz CT molecular complexity index is 1230. The summed E-state index contributed by atoms with van der Waals surface area (Å²) < 4.78 is 33.4. The van der Waals surface area contributed by atoms with E-state index in [1.54, 1.807) is 12.1 Å². The lowest BCUT2D eigenvalue weighted by atomic mass is 9.44. The smallest absolute Gasteiger partial charge is 0.202 e. The van der Waals surface area contributed by atoms with Crippen molar-refractivity contribution in [3.05, 3.63) is 42.2 Å². The number of hydrogen-bond acceptors (Lipinski definition) is 5. The Labute approximate surface area is 257 Å². The Morgan fingerprint density at radius 2 is 1.70 bits per heavy atom. The van der Waals surface area contributed by atoms with Crippen molar-refractivity contribution in [3.8, 4) is 0 Å². The topological polar surface area (TPSA) is 46.2 Å². The molecule has 3 aliphatic heterocycles. The SMILES string of the molecule is C=C(c1ccc(F)cc1)C1COC2(CC[C@@]3(C)C(CCC4C3CC[C@@]3(C)C4CC4OC5(CC[C@@H](C)CO5)[C@@H](C)C43)C2)OO1. The molecule has 0 aromatic heterocycles. The molecule has 9 unspecified atom stereocenters. The molecular weight excluding hydrogens is 543 g/mol. The summed E-state index contributed by atoms with van der Waals surface area (Å²) in [4.78, 5) is 12.1. The Morgan fingerprint density at radius 3 is 2.42 bits per heavy atom. The van der Waals surface area contributed by atoms with Gasteiger partial charge in [-0.15, -0.1) is 0 Å². The van der Waals surface area contributed by atoms with Gasteiger partial charge in [0.2, 0.25) is 5.79 Å². The summed E-state index contributed by atoms with van der Waals surface area (Å²) >= 11 is 0. The van der Waals surface area contributed by atoms with Crippen LogP contribution in [0.4, 0.5) is 4.39 Å². The molecule has 4 saturated carbocycles.